The van der Waals surface area contributed by atoms with Crippen LogP contribution in [0.5, 0.6) is 5.75 Å². The number of amides is 1. The molecule has 1 unspecified atom stereocenters. The van der Waals surface area contributed by atoms with Gasteiger partial charge < -0.3 is 14.7 Å². The van der Waals surface area contributed by atoms with Crippen molar-refractivity contribution in [3.8, 4) is 28.3 Å². The maximum atomic E-state index is 13.8. The second-order valence-electron chi connectivity index (χ2n) is 14.3. The van der Waals surface area contributed by atoms with E-state index in [9.17, 15) is 19.5 Å². The number of carboxylic acid groups (broad SMARTS) is 1. The van der Waals surface area contributed by atoms with Crippen LogP contribution in [0.2, 0.25) is 0 Å². The SMILES string of the molecule is CCCCCCCOc1ccc(-c2cnc(-c3ccc(C[C@H](CC(=O)c4ccc(C(C)(C)C)s4)C(=O)N4CCC(C(=O)O)C4)cc3)nc2)cc1. The fraction of sp³-hybridized carbons (Fsp3) is 0.439. The smallest absolute Gasteiger partial charge is 0.308 e. The molecule has 8 nitrogen and oxygen atoms in total. The van der Waals surface area contributed by atoms with E-state index >= 15 is 0 Å². The Kier molecular flexibility index (Phi) is 12.6. The highest BCUT2D eigenvalue weighted by Crippen LogP contribution is 2.32. The molecule has 0 radical (unpaired) electrons. The quantitative estimate of drug-likeness (QED) is 0.0921. The molecule has 0 saturated carbocycles. The van der Waals surface area contributed by atoms with Gasteiger partial charge in [0, 0.05) is 53.8 Å². The maximum Gasteiger partial charge on any atom is 0.308 e. The van der Waals surface area contributed by atoms with E-state index in [-0.39, 0.29) is 30.1 Å². The van der Waals surface area contributed by atoms with Gasteiger partial charge in [-0.3, -0.25) is 14.4 Å². The highest BCUT2D eigenvalue weighted by Gasteiger charge is 2.35. The van der Waals surface area contributed by atoms with Crippen molar-refractivity contribution in [1.29, 1.82) is 0 Å². The second-order valence-corrected chi connectivity index (χ2v) is 15.4. The number of carboxylic acids is 1. The average molecular weight is 696 g/mol. The minimum absolute atomic E-state index is 0.0651. The summed E-state index contributed by atoms with van der Waals surface area (Å²) in [5.74, 6) is -0.840. The van der Waals surface area contributed by atoms with E-state index < -0.39 is 17.8 Å². The van der Waals surface area contributed by atoms with Crippen LogP contribution in [0.15, 0.2) is 73.1 Å². The first-order valence-electron chi connectivity index (χ1n) is 17.8. The number of likely N-dealkylation sites (tertiary alicyclic amines) is 1. The molecule has 4 aromatic rings. The maximum absolute atomic E-state index is 13.8. The summed E-state index contributed by atoms with van der Waals surface area (Å²) in [5.41, 5.74) is 3.61. The van der Waals surface area contributed by atoms with Crippen molar-refractivity contribution in [3.05, 3.63) is 88.4 Å². The predicted octanol–water partition coefficient (Wildman–Crippen LogP) is 8.88. The van der Waals surface area contributed by atoms with Crippen molar-refractivity contribution in [2.24, 2.45) is 11.8 Å². The first kappa shape index (κ1) is 36.9. The van der Waals surface area contributed by atoms with Crippen LogP contribution in [0.1, 0.15) is 92.8 Å². The number of benzene rings is 2. The Labute approximate surface area is 299 Å². The van der Waals surface area contributed by atoms with Crippen LogP contribution in [-0.4, -0.2) is 57.3 Å². The third-order valence-electron chi connectivity index (χ3n) is 9.30. The first-order valence-corrected chi connectivity index (χ1v) is 18.6. The third-order valence-corrected chi connectivity index (χ3v) is 10.9. The van der Waals surface area contributed by atoms with Crippen molar-refractivity contribution < 1.29 is 24.2 Å². The van der Waals surface area contributed by atoms with Gasteiger partial charge in [-0.15, -0.1) is 11.3 Å². The highest BCUT2D eigenvalue weighted by atomic mass is 32.1. The molecule has 2 aromatic carbocycles. The summed E-state index contributed by atoms with van der Waals surface area (Å²) < 4.78 is 5.90. The van der Waals surface area contributed by atoms with Gasteiger partial charge >= 0.3 is 5.97 Å². The Hall–Kier alpha value is -4.37. The van der Waals surface area contributed by atoms with Crippen LogP contribution in [0, 0.1) is 11.8 Å². The van der Waals surface area contributed by atoms with E-state index in [2.05, 4.69) is 37.7 Å². The number of aliphatic carboxylic acids is 1. The molecular weight excluding hydrogens is 647 g/mol. The van der Waals surface area contributed by atoms with E-state index in [1.807, 2.05) is 73.1 Å². The number of hydrogen-bond donors (Lipinski definition) is 1. The number of carbonyl (C=O) groups excluding carboxylic acids is 2. The molecule has 1 aliphatic rings. The van der Waals surface area contributed by atoms with Gasteiger partial charge in [-0.05, 0) is 60.1 Å². The largest absolute Gasteiger partial charge is 0.494 e. The standard InChI is InChI=1S/C41H49N3O5S/c1-5-6-7-8-9-22-49-34-16-14-29(15-17-34)33-25-42-38(43-26-33)30-12-10-28(11-13-30)23-32(39(46)44-21-20-31(27-44)40(47)48)24-35(45)36-18-19-37(50-36)41(2,3)4/h10-19,25-26,31-32H,5-9,20-24,27H2,1-4H3,(H,47,48)/t31?,32-/m1/s1. The summed E-state index contributed by atoms with van der Waals surface area (Å²) >= 11 is 1.48. The van der Waals surface area contributed by atoms with Crippen molar-refractivity contribution in [2.75, 3.05) is 19.7 Å². The molecule has 264 valence electrons. The summed E-state index contributed by atoms with van der Waals surface area (Å²) in [7, 11) is 0. The number of Topliss-reactive ketones (excluding diaryl/α,β-unsaturated/α-hetero) is 1. The number of ether oxygens (including phenoxy) is 1. The number of ketones is 1. The third kappa shape index (κ3) is 9.87. The molecule has 1 fully saturated rings. The Morgan fingerprint density at radius 2 is 1.58 bits per heavy atom. The lowest BCUT2D eigenvalue weighted by atomic mass is 9.92. The zero-order valence-electron chi connectivity index (χ0n) is 29.7. The van der Waals surface area contributed by atoms with E-state index in [4.69, 9.17) is 4.74 Å². The molecule has 0 spiro atoms. The zero-order valence-corrected chi connectivity index (χ0v) is 30.5. The molecule has 0 bridgehead atoms. The van der Waals surface area contributed by atoms with Gasteiger partial charge in [-0.25, -0.2) is 9.97 Å². The molecule has 1 aliphatic heterocycles. The van der Waals surface area contributed by atoms with Gasteiger partial charge in [0.1, 0.15) is 5.75 Å². The molecule has 1 saturated heterocycles. The van der Waals surface area contributed by atoms with E-state index in [0.717, 1.165) is 45.9 Å². The van der Waals surface area contributed by atoms with Crippen LogP contribution in [0.3, 0.4) is 0 Å². The molecule has 5 rings (SSSR count). The molecule has 2 aromatic heterocycles. The Balaban J connectivity index is 1.23. The van der Waals surface area contributed by atoms with E-state index in [1.54, 1.807) is 4.90 Å². The van der Waals surface area contributed by atoms with Gasteiger partial charge in [0.2, 0.25) is 5.91 Å². The summed E-state index contributed by atoms with van der Waals surface area (Å²) in [5, 5.41) is 9.50. The normalized spacial score (nSPS) is 15.2. The minimum Gasteiger partial charge on any atom is -0.494 e. The lowest BCUT2D eigenvalue weighted by Gasteiger charge is -2.23. The number of carbonyl (C=O) groups is 3. The Bertz CT molecular complexity index is 1730. The zero-order chi connectivity index (χ0) is 35.7. The first-order chi connectivity index (χ1) is 24.0. The van der Waals surface area contributed by atoms with Gasteiger partial charge in [0.25, 0.3) is 0 Å². The minimum atomic E-state index is -0.890. The predicted molar refractivity (Wildman–Crippen MR) is 199 cm³/mol. The number of aromatic nitrogens is 2. The van der Waals surface area contributed by atoms with Crippen molar-refractivity contribution in [3.63, 3.8) is 0 Å². The molecule has 50 heavy (non-hydrogen) atoms. The molecular formula is C41H49N3O5S. The van der Waals surface area contributed by atoms with Gasteiger partial charge in [-0.1, -0.05) is 89.8 Å². The molecule has 2 atom stereocenters. The topological polar surface area (TPSA) is 110 Å². The summed E-state index contributed by atoms with van der Waals surface area (Å²) in [6.07, 6.45) is 10.5. The monoisotopic (exact) mass is 695 g/mol. The van der Waals surface area contributed by atoms with Crippen LogP contribution < -0.4 is 4.74 Å². The Morgan fingerprint density at radius 3 is 2.20 bits per heavy atom. The van der Waals surface area contributed by atoms with Crippen molar-refractivity contribution in [2.45, 2.75) is 84.5 Å². The van der Waals surface area contributed by atoms with Gasteiger partial charge in [0.15, 0.2) is 11.6 Å². The summed E-state index contributed by atoms with van der Waals surface area (Å²) in [6.45, 7) is 9.84. The summed E-state index contributed by atoms with van der Waals surface area (Å²) in [4.78, 5) is 51.4. The highest BCUT2D eigenvalue weighted by molar-refractivity contribution is 7.14. The van der Waals surface area contributed by atoms with Gasteiger partial charge in [0.05, 0.1) is 17.4 Å². The van der Waals surface area contributed by atoms with Crippen LogP contribution in [0.25, 0.3) is 22.5 Å². The Morgan fingerprint density at radius 1 is 0.900 bits per heavy atom. The van der Waals surface area contributed by atoms with Crippen molar-refractivity contribution in [1.82, 2.24) is 14.9 Å². The number of nitrogens with zero attached hydrogens (tertiary/aromatic N) is 3. The number of hydrogen-bond acceptors (Lipinski definition) is 7. The average Bonchev–Trinajstić information content (AvgIpc) is 3.82. The van der Waals surface area contributed by atoms with Crippen LogP contribution >= 0.6 is 11.3 Å². The fourth-order valence-electron chi connectivity index (χ4n) is 6.22. The second kappa shape index (κ2) is 17.0. The number of unbranched alkanes of at least 4 members (excludes halogenated alkanes) is 4. The van der Waals surface area contributed by atoms with Crippen molar-refractivity contribution >= 4 is 29.0 Å². The lowest BCUT2D eigenvalue weighted by molar-refractivity contribution is -0.141. The number of thiophene rings is 1. The fourth-order valence-corrected chi connectivity index (χ4v) is 7.23. The van der Waals surface area contributed by atoms with Crippen LogP contribution in [0.4, 0.5) is 0 Å². The summed E-state index contributed by atoms with van der Waals surface area (Å²) in [6, 6.07) is 19.6. The van der Waals surface area contributed by atoms with E-state index in [0.29, 0.717) is 30.1 Å². The molecule has 3 heterocycles. The number of rotatable bonds is 16. The molecule has 1 amide bonds. The van der Waals surface area contributed by atoms with Gasteiger partial charge in [-0.2, -0.15) is 0 Å². The molecule has 9 heteroatoms. The molecule has 1 N–H and O–H groups in total. The van der Waals surface area contributed by atoms with Crippen LogP contribution in [-0.2, 0) is 21.4 Å². The lowest BCUT2D eigenvalue weighted by Crippen LogP contribution is -2.37. The molecule has 0 aliphatic carbocycles. The van der Waals surface area contributed by atoms with E-state index in [1.165, 1.54) is 37.0 Å².